The summed E-state index contributed by atoms with van der Waals surface area (Å²) in [5, 5.41) is 6.38. The summed E-state index contributed by atoms with van der Waals surface area (Å²) < 4.78 is 10.5. The number of piperidine rings is 1. The van der Waals surface area contributed by atoms with Crippen LogP contribution in [0, 0.1) is 0 Å². The third kappa shape index (κ3) is 4.93. The number of aryl methyl sites for hydroxylation is 1. The molecular formula is C16H24N2O3. The van der Waals surface area contributed by atoms with Crippen molar-refractivity contribution in [1.29, 1.82) is 0 Å². The Kier molecular flexibility index (Phi) is 5.87. The van der Waals surface area contributed by atoms with E-state index in [1.165, 1.54) is 0 Å². The van der Waals surface area contributed by atoms with Crippen LogP contribution >= 0.6 is 0 Å². The molecule has 1 atom stereocenters. The van der Waals surface area contributed by atoms with Crippen molar-refractivity contribution in [2.75, 3.05) is 27.3 Å². The van der Waals surface area contributed by atoms with Crippen molar-refractivity contribution in [3.63, 3.8) is 0 Å². The maximum absolute atomic E-state index is 12.0. The Morgan fingerprint density at radius 2 is 2.00 bits per heavy atom. The van der Waals surface area contributed by atoms with Crippen molar-refractivity contribution in [1.82, 2.24) is 10.6 Å². The summed E-state index contributed by atoms with van der Waals surface area (Å²) in [4.78, 5) is 12.0. The maximum atomic E-state index is 12.0. The first-order valence-electron chi connectivity index (χ1n) is 7.43. The number of hydrogen-bond donors (Lipinski definition) is 2. The van der Waals surface area contributed by atoms with Crippen molar-refractivity contribution in [3.05, 3.63) is 23.8 Å². The molecule has 21 heavy (non-hydrogen) atoms. The summed E-state index contributed by atoms with van der Waals surface area (Å²) in [5.74, 6) is 1.60. The van der Waals surface area contributed by atoms with Gasteiger partial charge < -0.3 is 20.1 Å². The Labute approximate surface area is 126 Å². The Morgan fingerprint density at radius 1 is 1.29 bits per heavy atom. The Morgan fingerprint density at radius 3 is 2.57 bits per heavy atom. The van der Waals surface area contributed by atoms with Gasteiger partial charge in [0, 0.05) is 25.1 Å². The molecule has 1 saturated heterocycles. The van der Waals surface area contributed by atoms with E-state index in [9.17, 15) is 4.79 Å². The second-order valence-corrected chi connectivity index (χ2v) is 5.33. The highest BCUT2D eigenvalue weighted by Gasteiger charge is 2.15. The zero-order valence-electron chi connectivity index (χ0n) is 12.8. The molecule has 0 radical (unpaired) electrons. The molecule has 1 aliphatic heterocycles. The summed E-state index contributed by atoms with van der Waals surface area (Å²) in [7, 11) is 3.25. The monoisotopic (exact) mass is 292 g/mol. The number of hydrogen-bond acceptors (Lipinski definition) is 4. The minimum atomic E-state index is 0.102. The lowest BCUT2D eigenvalue weighted by Gasteiger charge is -2.23. The minimum Gasteiger partial charge on any atom is -0.497 e. The van der Waals surface area contributed by atoms with Gasteiger partial charge in [-0.2, -0.15) is 0 Å². The second kappa shape index (κ2) is 7.88. The topological polar surface area (TPSA) is 59.6 Å². The van der Waals surface area contributed by atoms with E-state index >= 15 is 0 Å². The van der Waals surface area contributed by atoms with Crippen molar-refractivity contribution in [2.45, 2.75) is 31.7 Å². The van der Waals surface area contributed by atoms with Crippen molar-refractivity contribution < 1.29 is 14.3 Å². The Bertz CT molecular complexity index is 448. The van der Waals surface area contributed by atoms with Crippen molar-refractivity contribution in [3.8, 4) is 11.5 Å². The highest BCUT2D eigenvalue weighted by atomic mass is 16.5. The number of carbonyl (C=O) groups excluding carboxylic acids is 1. The predicted octanol–water partition coefficient (Wildman–Crippen LogP) is 1.50. The molecule has 5 nitrogen and oxygen atoms in total. The van der Waals surface area contributed by atoms with E-state index in [1.807, 2.05) is 18.2 Å². The molecule has 2 N–H and O–H groups in total. The lowest BCUT2D eigenvalue weighted by Crippen LogP contribution is -2.45. The van der Waals surface area contributed by atoms with Gasteiger partial charge >= 0.3 is 0 Å². The molecule has 0 aliphatic carbocycles. The van der Waals surface area contributed by atoms with E-state index in [0.29, 0.717) is 12.8 Å². The van der Waals surface area contributed by atoms with Gasteiger partial charge in [-0.3, -0.25) is 4.79 Å². The smallest absolute Gasteiger partial charge is 0.220 e. The first-order valence-corrected chi connectivity index (χ1v) is 7.43. The first kappa shape index (κ1) is 15.6. The number of amides is 1. The zero-order valence-corrected chi connectivity index (χ0v) is 12.8. The molecule has 1 heterocycles. The molecule has 1 aliphatic rings. The molecule has 0 bridgehead atoms. The fourth-order valence-corrected chi connectivity index (χ4v) is 2.54. The largest absolute Gasteiger partial charge is 0.497 e. The van der Waals surface area contributed by atoms with Gasteiger partial charge in [0.05, 0.1) is 14.2 Å². The Balaban J connectivity index is 1.85. The molecule has 0 spiro atoms. The van der Waals surface area contributed by atoms with Gasteiger partial charge in [0.2, 0.25) is 5.91 Å². The highest BCUT2D eigenvalue weighted by Crippen LogP contribution is 2.23. The number of nitrogens with one attached hydrogen (secondary N) is 2. The fraction of sp³-hybridized carbons (Fsp3) is 0.562. The number of methoxy groups -OCH3 is 2. The van der Waals surface area contributed by atoms with E-state index in [4.69, 9.17) is 9.47 Å². The molecule has 1 unspecified atom stereocenters. The zero-order chi connectivity index (χ0) is 15.1. The fourth-order valence-electron chi connectivity index (χ4n) is 2.54. The van der Waals surface area contributed by atoms with Crippen molar-refractivity contribution >= 4 is 5.91 Å². The van der Waals surface area contributed by atoms with Gasteiger partial charge in [-0.15, -0.1) is 0 Å². The SMILES string of the molecule is COc1cc(CCC(=O)NC2CCCNC2)cc(OC)c1. The van der Waals surface area contributed by atoms with Crippen LogP contribution in [0.4, 0.5) is 0 Å². The minimum absolute atomic E-state index is 0.102. The molecule has 1 amide bonds. The summed E-state index contributed by atoms with van der Waals surface area (Å²) in [6.45, 7) is 1.93. The standard InChI is InChI=1S/C16H24N2O3/c1-20-14-8-12(9-15(10-14)21-2)5-6-16(19)18-13-4-3-7-17-11-13/h8-10,13,17H,3-7,11H2,1-2H3,(H,18,19). The van der Waals surface area contributed by atoms with Gasteiger partial charge in [-0.05, 0) is 43.5 Å². The van der Waals surface area contributed by atoms with Crippen LogP contribution in [0.2, 0.25) is 0 Å². The summed E-state index contributed by atoms with van der Waals surface area (Å²) in [6.07, 6.45) is 3.34. The van der Waals surface area contributed by atoms with E-state index in [-0.39, 0.29) is 11.9 Å². The molecule has 1 fully saturated rings. The average molecular weight is 292 g/mol. The maximum Gasteiger partial charge on any atom is 0.220 e. The summed E-state index contributed by atoms with van der Waals surface area (Å²) in [5.41, 5.74) is 1.04. The van der Waals surface area contributed by atoms with E-state index in [1.54, 1.807) is 14.2 Å². The third-order valence-electron chi connectivity index (χ3n) is 3.71. The summed E-state index contributed by atoms with van der Waals surface area (Å²) >= 11 is 0. The van der Waals surface area contributed by atoms with Gasteiger partial charge in [-0.1, -0.05) is 0 Å². The normalized spacial score (nSPS) is 18.1. The first-order chi connectivity index (χ1) is 10.2. The van der Waals surface area contributed by atoms with Gasteiger partial charge in [0.25, 0.3) is 0 Å². The molecule has 0 saturated carbocycles. The Hall–Kier alpha value is -1.75. The van der Waals surface area contributed by atoms with Crippen LogP contribution < -0.4 is 20.1 Å². The van der Waals surface area contributed by atoms with Crippen molar-refractivity contribution in [2.24, 2.45) is 0 Å². The highest BCUT2D eigenvalue weighted by molar-refractivity contribution is 5.76. The average Bonchev–Trinajstić information content (AvgIpc) is 2.53. The van der Waals surface area contributed by atoms with Crippen LogP contribution in [0.3, 0.4) is 0 Å². The van der Waals surface area contributed by atoms with Crippen LogP contribution in [0.25, 0.3) is 0 Å². The van der Waals surface area contributed by atoms with E-state index < -0.39 is 0 Å². The van der Waals surface area contributed by atoms with Crippen LogP contribution in [-0.2, 0) is 11.2 Å². The predicted molar refractivity (Wildman–Crippen MR) is 81.9 cm³/mol. The van der Waals surface area contributed by atoms with E-state index in [2.05, 4.69) is 10.6 Å². The lowest BCUT2D eigenvalue weighted by molar-refractivity contribution is -0.121. The van der Waals surface area contributed by atoms with Gasteiger partial charge in [0.15, 0.2) is 0 Å². The van der Waals surface area contributed by atoms with Gasteiger partial charge in [-0.25, -0.2) is 0 Å². The molecule has 2 rings (SSSR count). The molecule has 116 valence electrons. The van der Waals surface area contributed by atoms with E-state index in [0.717, 1.165) is 43.0 Å². The number of carbonyl (C=O) groups is 1. The van der Waals surface area contributed by atoms with Crippen LogP contribution in [0.5, 0.6) is 11.5 Å². The van der Waals surface area contributed by atoms with Crippen LogP contribution in [0.15, 0.2) is 18.2 Å². The number of benzene rings is 1. The number of rotatable bonds is 6. The van der Waals surface area contributed by atoms with Gasteiger partial charge in [0.1, 0.15) is 11.5 Å². The lowest BCUT2D eigenvalue weighted by atomic mass is 10.1. The third-order valence-corrected chi connectivity index (χ3v) is 3.71. The molecule has 0 aromatic heterocycles. The molecule has 1 aromatic carbocycles. The second-order valence-electron chi connectivity index (χ2n) is 5.33. The molecule has 5 heteroatoms. The quantitative estimate of drug-likeness (QED) is 0.834. The summed E-state index contributed by atoms with van der Waals surface area (Å²) in [6, 6.07) is 5.99. The number of ether oxygens (including phenoxy) is 2. The molecular weight excluding hydrogens is 268 g/mol. The van der Waals surface area contributed by atoms with Crippen LogP contribution in [-0.4, -0.2) is 39.3 Å². The van der Waals surface area contributed by atoms with Crippen LogP contribution in [0.1, 0.15) is 24.8 Å². The molecule has 1 aromatic rings.